The first kappa shape index (κ1) is 11.5. The van der Waals surface area contributed by atoms with E-state index in [2.05, 4.69) is 20.9 Å². The minimum absolute atomic E-state index is 0.0769. The molecule has 0 unspecified atom stereocenters. The molecule has 0 radical (unpaired) electrons. The first-order valence-corrected chi connectivity index (χ1v) is 7.11. The number of fused-ring (bicyclic) bond motifs is 5. The molecule has 0 saturated carbocycles. The van der Waals surface area contributed by atoms with Gasteiger partial charge in [-0.1, -0.05) is 0 Å². The summed E-state index contributed by atoms with van der Waals surface area (Å²) >= 11 is 3.29. The van der Waals surface area contributed by atoms with Crippen molar-refractivity contribution in [3.63, 3.8) is 0 Å². The van der Waals surface area contributed by atoms with Gasteiger partial charge in [0.1, 0.15) is 5.82 Å². The van der Waals surface area contributed by atoms with Crippen molar-refractivity contribution in [2.75, 3.05) is 4.90 Å². The first-order chi connectivity index (χ1) is 9.16. The second-order valence-corrected chi connectivity index (χ2v) is 6.10. The molecule has 0 aliphatic carbocycles. The van der Waals surface area contributed by atoms with Crippen LogP contribution in [-0.4, -0.2) is 29.0 Å². The van der Waals surface area contributed by atoms with Gasteiger partial charge in [0.25, 0.3) is 0 Å². The summed E-state index contributed by atoms with van der Waals surface area (Å²) in [6.45, 7) is 0. The smallest absolute Gasteiger partial charge is 0.241 e. The summed E-state index contributed by atoms with van der Waals surface area (Å²) in [5, 5.41) is 0. The molecule has 4 rings (SSSR count). The first-order valence-electron chi connectivity index (χ1n) is 6.31. The molecule has 1 aromatic rings. The lowest BCUT2D eigenvalue weighted by molar-refractivity contribution is -0.124. The molecule has 98 valence electrons. The number of carbonyl (C=O) groups excluding carboxylic acids is 2. The fraction of sp³-hybridized carbons (Fsp3) is 0.462. The van der Waals surface area contributed by atoms with Crippen LogP contribution < -0.4 is 4.90 Å². The highest BCUT2D eigenvalue weighted by atomic mass is 79.9. The van der Waals surface area contributed by atoms with E-state index in [0.29, 0.717) is 5.82 Å². The van der Waals surface area contributed by atoms with Crippen molar-refractivity contribution in [3.8, 4) is 0 Å². The summed E-state index contributed by atoms with van der Waals surface area (Å²) < 4.78 is 6.51. The van der Waals surface area contributed by atoms with Crippen molar-refractivity contribution in [2.24, 2.45) is 11.8 Å². The minimum Gasteiger partial charge on any atom is -0.373 e. The number of carbonyl (C=O) groups is 2. The summed E-state index contributed by atoms with van der Waals surface area (Å²) in [5.74, 6) is -0.491. The largest absolute Gasteiger partial charge is 0.373 e. The number of pyridine rings is 1. The average molecular weight is 323 g/mol. The van der Waals surface area contributed by atoms with E-state index in [4.69, 9.17) is 4.74 Å². The van der Waals surface area contributed by atoms with Crippen LogP contribution in [0, 0.1) is 11.8 Å². The third kappa shape index (κ3) is 1.47. The number of amides is 2. The molecule has 5 nitrogen and oxygen atoms in total. The van der Waals surface area contributed by atoms with Crippen molar-refractivity contribution >= 4 is 33.6 Å². The van der Waals surface area contributed by atoms with Gasteiger partial charge >= 0.3 is 0 Å². The number of halogens is 1. The van der Waals surface area contributed by atoms with Crippen LogP contribution >= 0.6 is 15.9 Å². The van der Waals surface area contributed by atoms with Crippen LogP contribution in [0.4, 0.5) is 5.82 Å². The Hall–Kier alpha value is -1.27. The molecule has 4 atom stereocenters. The van der Waals surface area contributed by atoms with E-state index >= 15 is 0 Å². The highest BCUT2D eigenvalue weighted by Gasteiger charge is 2.62. The fourth-order valence-corrected chi connectivity index (χ4v) is 3.67. The van der Waals surface area contributed by atoms with Gasteiger partial charge in [-0.2, -0.15) is 0 Å². The van der Waals surface area contributed by atoms with Crippen LogP contribution in [0.5, 0.6) is 0 Å². The van der Waals surface area contributed by atoms with Gasteiger partial charge in [-0.15, -0.1) is 0 Å². The third-order valence-corrected chi connectivity index (χ3v) is 4.69. The van der Waals surface area contributed by atoms with Crippen LogP contribution in [0.1, 0.15) is 12.8 Å². The quantitative estimate of drug-likeness (QED) is 0.735. The number of anilines is 1. The molecule has 0 spiro atoms. The number of nitrogens with zero attached hydrogens (tertiary/aromatic N) is 2. The number of imide groups is 1. The molecular formula is C13H11BrN2O3. The van der Waals surface area contributed by atoms with E-state index in [1.807, 2.05) is 0 Å². The lowest BCUT2D eigenvalue weighted by Crippen LogP contribution is -2.34. The predicted octanol–water partition coefficient (Wildman–Crippen LogP) is 1.51. The Kier molecular flexibility index (Phi) is 2.35. The molecule has 1 aromatic heterocycles. The van der Waals surface area contributed by atoms with E-state index in [-0.39, 0.29) is 35.9 Å². The lowest BCUT2D eigenvalue weighted by atomic mass is 9.81. The molecule has 6 heteroatoms. The van der Waals surface area contributed by atoms with Gasteiger partial charge in [-0.3, -0.25) is 9.59 Å². The van der Waals surface area contributed by atoms with Gasteiger partial charge in [0.05, 0.1) is 24.0 Å². The Balaban J connectivity index is 1.73. The third-order valence-electron chi connectivity index (χ3n) is 4.23. The SMILES string of the molecule is O=C1[C@H]2[C@H](C(=O)N1c1ccc(Br)cn1)[C@H]1CC[C@H]2O1. The van der Waals surface area contributed by atoms with Crippen molar-refractivity contribution in [3.05, 3.63) is 22.8 Å². The van der Waals surface area contributed by atoms with Crippen LogP contribution in [-0.2, 0) is 14.3 Å². The molecule has 0 aromatic carbocycles. The van der Waals surface area contributed by atoms with E-state index in [1.54, 1.807) is 18.3 Å². The highest BCUT2D eigenvalue weighted by Crippen LogP contribution is 2.49. The Morgan fingerprint density at radius 3 is 2.32 bits per heavy atom. The van der Waals surface area contributed by atoms with Crippen molar-refractivity contribution in [2.45, 2.75) is 25.0 Å². The number of ether oxygens (including phenoxy) is 1. The molecule has 3 aliphatic rings. The second kappa shape index (κ2) is 3.86. The number of hydrogen-bond acceptors (Lipinski definition) is 4. The number of aromatic nitrogens is 1. The summed E-state index contributed by atoms with van der Waals surface area (Å²) in [7, 11) is 0. The van der Waals surface area contributed by atoms with Gasteiger partial charge in [0, 0.05) is 10.7 Å². The van der Waals surface area contributed by atoms with Crippen LogP contribution in [0.3, 0.4) is 0 Å². The summed E-state index contributed by atoms with van der Waals surface area (Å²) in [6.07, 6.45) is 3.20. The van der Waals surface area contributed by atoms with Gasteiger partial charge in [-0.25, -0.2) is 9.88 Å². The monoisotopic (exact) mass is 322 g/mol. The van der Waals surface area contributed by atoms with Gasteiger partial charge in [0.15, 0.2) is 0 Å². The topological polar surface area (TPSA) is 59.5 Å². The predicted molar refractivity (Wildman–Crippen MR) is 69.3 cm³/mol. The van der Waals surface area contributed by atoms with Gasteiger partial charge in [-0.05, 0) is 40.9 Å². The van der Waals surface area contributed by atoms with Crippen molar-refractivity contribution < 1.29 is 14.3 Å². The van der Waals surface area contributed by atoms with E-state index in [9.17, 15) is 9.59 Å². The fourth-order valence-electron chi connectivity index (χ4n) is 3.44. The lowest BCUT2D eigenvalue weighted by Gasteiger charge is -2.16. The Morgan fingerprint density at radius 1 is 1.16 bits per heavy atom. The van der Waals surface area contributed by atoms with Crippen molar-refractivity contribution in [1.82, 2.24) is 4.98 Å². The molecule has 4 heterocycles. The Morgan fingerprint density at radius 2 is 1.79 bits per heavy atom. The second-order valence-electron chi connectivity index (χ2n) is 5.19. The normalized spacial score (nSPS) is 36.2. The maximum absolute atomic E-state index is 12.4. The molecule has 3 aliphatic heterocycles. The molecule has 19 heavy (non-hydrogen) atoms. The van der Waals surface area contributed by atoms with Crippen LogP contribution in [0.2, 0.25) is 0 Å². The molecule has 0 N–H and O–H groups in total. The summed E-state index contributed by atoms with van der Waals surface area (Å²) in [6, 6.07) is 3.46. The maximum Gasteiger partial charge on any atom is 0.241 e. The zero-order valence-corrected chi connectivity index (χ0v) is 11.5. The highest BCUT2D eigenvalue weighted by molar-refractivity contribution is 9.10. The number of hydrogen-bond donors (Lipinski definition) is 0. The standard InChI is InChI=1S/C13H11BrN2O3/c14-6-1-4-9(15-5-6)16-12(17)10-7-2-3-8(19-7)11(10)13(16)18/h1,4-5,7-8,10-11H,2-3H2/t7-,8-,10-,11-/m1/s1. The van der Waals surface area contributed by atoms with E-state index in [1.165, 1.54) is 4.90 Å². The Bertz CT molecular complexity index is 546. The summed E-state index contributed by atoms with van der Waals surface area (Å²) in [4.78, 5) is 30.3. The van der Waals surface area contributed by atoms with Gasteiger partial charge in [0.2, 0.25) is 11.8 Å². The number of rotatable bonds is 1. The molecule has 2 bridgehead atoms. The zero-order chi connectivity index (χ0) is 13.1. The summed E-state index contributed by atoms with van der Waals surface area (Å²) in [5.41, 5.74) is 0. The molecular weight excluding hydrogens is 312 g/mol. The van der Waals surface area contributed by atoms with E-state index in [0.717, 1.165) is 17.3 Å². The zero-order valence-electron chi connectivity index (χ0n) is 9.95. The van der Waals surface area contributed by atoms with Crippen molar-refractivity contribution in [1.29, 1.82) is 0 Å². The average Bonchev–Trinajstić information content (AvgIpc) is 3.06. The van der Waals surface area contributed by atoms with Gasteiger partial charge < -0.3 is 4.74 Å². The molecule has 2 amide bonds. The maximum atomic E-state index is 12.4. The van der Waals surface area contributed by atoms with Crippen LogP contribution in [0.15, 0.2) is 22.8 Å². The molecule has 3 saturated heterocycles. The van der Waals surface area contributed by atoms with E-state index < -0.39 is 0 Å². The Labute approximate surface area is 118 Å². The molecule has 3 fully saturated rings. The minimum atomic E-state index is -0.295. The van der Waals surface area contributed by atoms with Crippen LogP contribution in [0.25, 0.3) is 0 Å².